The number of rotatable bonds is 4. The molecule has 2 N–H and O–H groups in total. The highest BCUT2D eigenvalue weighted by Crippen LogP contribution is 2.22. The lowest BCUT2D eigenvalue weighted by atomic mass is 9.97. The Kier molecular flexibility index (Phi) is 3.74. The van der Waals surface area contributed by atoms with Crippen molar-refractivity contribution in [2.75, 3.05) is 13.1 Å². The van der Waals surface area contributed by atoms with Gasteiger partial charge >= 0.3 is 0 Å². The van der Waals surface area contributed by atoms with Gasteiger partial charge in [-0.3, -0.25) is 9.78 Å². The van der Waals surface area contributed by atoms with E-state index < -0.39 is 0 Å². The van der Waals surface area contributed by atoms with Gasteiger partial charge in [0.15, 0.2) is 0 Å². The summed E-state index contributed by atoms with van der Waals surface area (Å²) in [6.45, 7) is 1.53. The van der Waals surface area contributed by atoms with E-state index in [-0.39, 0.29) is 17.9 Å². The first-order valence-electron chi connectivity index (χ1n) is 6.80. The van der Waals surface area contributed by atoms with E-state index in [9.17, 15) is 4.79 Å². The van der Waals surface area contributed by atoms with Crippen molar-refractivity contribution in [3.63, 3.8) is 0 Å². The average molecular weight is 267 g/mol. The molecular weight excluding hydrogens is 250 g/mol. The minimum absolute atomic E-state index is 0.0814. The Morgan fingerprint density at radius 2 is 1.90 bits per heavy atom. The SMILES string of the molecule is O=C(NC(c1ccccc1)c1cccnc1)C1CNC1. The van der Waals surface area contributed by atoms with Crippen LogP contribution in [-0.4, -0.2) is 24.0 Å². The van der Waals surface area contributed by atoms with Gasteiger partial charge in [0.2, 0.25) is 5.91 Å². The first kappa shape index (κ1) is 12.8. The second-order valence-electron chi connectivity index (χ2n) is 4.99. The van der Waals surface area contributed by atoms with E-state index in [2.05, 4.69) is 15.6 Å². The molecule has 0 radical (unpaired) electrons. The summed E-state index contributed by atoms with van der Waals surface area (Å²) in [5.41, 5.74) is 2.07. The zero-order chi connectivity index (χ0) is 13.8. The topological polar surface area (TPSA) is 54.0 Å². The van der Waals surface area contributed by atoms with Gasteiger partial charge in [0.1, 0.15) is 0 Å². The fourth-order valence-corrected chi connectivity index (χ4v) is 2.29. The second kappa shape index (κ2) is 5.84. The second-order valence-corrected chi connectivity index (χ2v) is 4.99. The maximum absolute atomic E-state index is 12.2. The van der Waals surface area contributed by atoms with Gasteiger partial charge in [-0.25, -0.2) is 0 Å². The van der Waals surface area contributed by atoms with Crippen LogP contribution in [0.15, 0.2) is 54.9 Å². The van der Waals surface area contributed by atoms with Gasteiger partial charge in [0, 0.05) is 25.5 Å². The Morgan fingerprint density at radius 1 is 1.15 bits per heavy atom. The fourth-order valence-electron chi connectivity index (χ4n) is 2.29. The number of aromatic nitrogens is 1. The van der Waals surface area contributed by atoms with E-state index in [1.165, 1.54) is 0 Å². The summed E-state index contributed by atoms with van der Waals surface area (Å²) < 4.78 is 0. The Balaban J connectivity index is 1.85. The van der Waals surface area contributed by atoms with E-state index in [1.54, 1.807) is 12.4 Å². The van der Waals surface area contributed by atoms with Crippen molar-refractivity contribution in [1.29, 1.82) is 0 Å². The molecule has 0 bridgehead atoms. The van der Waals surface area contributed by atoms with E-state index >= 15 is 0 Å². The molecular formula is C16H17N3O. The van der Waals surface area contributed by atoms with Crippen LogP contribution in [0.3, 0.4) is 0 Å². The van der Waals surface area contributed by atoms with Crippen LogP contribution >= 0.6 is 0 Å². The summed E-state index contributed by atoms with van der Waals surface area (Å²) >= 11 is 0. The predicted molar refractivity (Wildman–Crippen MR) is 77.0 cm³/mol. The Bertz CT molecular complexity index is 527. The van der Waals surface area contributed by atoms with Gasteiger partial charge in [-0.05, 0) is 17.2 Å². The number of pyridine rings is 1. The van der Waals surface area contributed by atoms with Gasteiger partial charge in [-0.2, -0.15) is 0 Å². The molecule has 4 heteroatoms. The minimum Gasteiger partial charge on any atom is -0.345 e. The standard InChI is InChI=1S/C16H17N3O/c20-16(14-10-18-11-14)19-15(12-5-2-1-3-6-12)13-7-4-8-17-9-13/h1-9,14-15,18H,10-11H2,(H,19,20). The third kappa shape index (κ3) is 2.70. The normalized spacial score (nSPS) is 16.2. The predicted octanol–water partition coefficient (Wildman–Crippen LogP) is 1.51. The lowest BCUT2D eigenvalue weighted by Gasteiger charge is -2.28. The van der Waals surface area contributed by atoms with Crippen LogP contribution in [0.25, 0.3) is 0 Å². The van der Waals surface area contributed by atoms with E-state index in [4.69, 9.17) is 0 Å². The Hall–Kier alpha value is -2.20. The number of benzene rings is 1. The summed E-state index contributed by atoms with van der Waals surface area (Å²) in [6.07, 6.45) is 3.54. The van der Waals surface area contributed by atoms with E-state index in [1.807, 2.05) is 42.5 Å². The summed E-state index contributed by atoms with van der Waals surface area (Å²) in [5, 5.41) is 6.25. The quantitative estimate of drug-likeness (QED) is 0.883. The molecule has 1 fully saturated rings. The van der Waals surface area contributed by atoms with Gasteiger partial charge in [0.25, 0.3) is 0 Å². The molecule has 1 aliphatic heterocycles. The fraction of sp³-hybridized carbons (Fsp3) is 0.250. The first-order chi connectivity index (χ1) is 9.84. The van der Waals surface area contributed by atoms with Gasteiger partial charge in [-0.15, -0.1) is 0 Å². The molecule has 1 saturated heterocycles. The number of hydrogen-bond acceptors (Lipinski definition) is 3. The van der Waals surface area contributed by atoms with Crippen molar-refractivity contribution in [2.24, 2.45) is 5.92 Å². The smallest absolute Gasteiger partial charge is 0.226 e. The molecule has 2 heterocycles. The third-order valence-electron chi connectivity index (χ3n) is 3.59. The van der Waals surface area contributed by atoms with E-state index in [0.717, 1.165) is 24.2 Å². The van der Waals surface area contributed by atoms with Crippen LogP contribution in [0.1, 0.15) is 17.2 Å². The zero-order valence-corrected chi connectivity index (χ0v) is 11.1. The summed E-state index contributed by atoms with van der Waals surface area (Å²) in [5.74, 6) is 0.180. The molecule has 20 heavy (non-hydrogen) atoms. The van der Waals surface area contributed by atoms with Crippen LogP contribution in [0.4, 0.5) is 0 Å². The molecule has 4 nitrogen and oxygen atoms in total. The van der Waals surface area contributed by atoms with Crippen molar-refractivity contribution < 1.29 is 4.79 Å². The highest BCUT2D eigenvalue weighted by Gasteiger charge is 2.27. The summed E-state index contributed by atoms with van der Waals surface area (Å²) in [6, 6.07) is 13.7. The van der Waals surface area contributed by atoms with Crippen molar-refractivity contribution in [1.82, 2.24) is 15.6 Å². The Morgan fingerprint density at radius 3 is 2.50 bits per heavy atom. The maximum atomic E-state index is 12.2. The van der Waals surface area contributed by atoms with Crippen molar-refractivity contribution in [2.45, 2.75) is 6.04 Å². The average Bonchev–Trinajstić information content (AvgIpc) is 2.45. The lowest BCUT2D eigenvalue weighted by Crippen LogP contribution is -2.51. The zero-order valence-electron chi connectivity index (χ0n) is 11.1. The molecule has 102 valence electrons. The lowest BCUT2D eigenvalue weighted by molar-refractivity contribution is -0.126. The van der Waals surface area contributed by atoms with Crippen LogP contribution in [0, 0.1) is 5.92 Å². The number of hydrogen-bond donors (Lipinski definition) is 2. The molecule has 1 aliphatic rings. The van der Waals surface area contributed by atoms with Gasteiger partial charge < -0.3 is 10.6 Å². The minimum atomic E-state index is -0.141. The molecule has 1 unspecified atom stereocenters. The number of nitrogens with zero attached hydrogens (tertiary/aromatic N) is 1. The van der Waals surface area contributed by atoms with E-state index in [0.29, 0.717) is 0 Å². The molecule has 0 aliphatic carbocycles. The van der Waals surface area contributed by atoms with Crippen molar-refractivity contribution in [3.05, 3.63) is 66.0 Å². The molecule has 3 rings (SSSR count). The third-order valence-corrected chi connectivity index (χ3v) is 3.59. The number of nitrogens with one attached hydrogen (secondary N) is 2. The summed E-state index contributed by atoms with van der Waals surface area (Å²) in [4.78, 5) is 16.4. The van der Waals surface area contributed by atoms with Crippen LogP contribution in [0.5, 0.6) is 0 Å². The molecule has 1 aromatic carbocycles. The summed E-state index contributed by atoms with van der Waals surface area (Å²) in [7, 11) is 0. The Labute approximate surface area is 118 Å². The molecule has 1 atom stereocenters. The molecule has 1 aromatic heterocycles. The van der Waals surface area contributed by atoms with Crippen LogP contribution in [0.2, 0.25) is 0 Å². The maximum Gasteiger partial charge on any atom is 0.226 e. The van der Waals surface area contributed by atoms with Crippen molar-refractivity contribution >= 4 is 5.91 Å². The number of carbonyl (C=O) groups is 1. The number of amides is 1. The van der Waals surface area contributed by atoms with Crippen LogP contribution in [-0.2, 0) is 4.79 Å². The van der Waals surface area contributed by atoms with Crippen molar-refractivity contribution in [3.8, 4) is 0 Å². The highest BCUT2D eigenvalue weighted by atomic mass is 16.2. The van der Waals surface area contributed by atoms with Gasteiger partial charge in [0.05, 0.1) is 12.0 Å². The highest BCUT2D eigenvalue weighted by molar-refractivity contribution is 5.80. The molecule has 0 spiro atoms. The largest absolute Gasteiger partial charge is 0.345 e. The number of carbonyl (C=O) groups excluding carboxylic acids is 1. The molecule has 0 saturated carbocycles. The first-order valence-corrected chi connectivity index (χ1v) is 6.80. The molecule has 1 amide bonds. The van der Waals surface area contributed by atoms with Crippen LogP contribution < -0.4 is 10.6 Å². The molecule has 2 aromatic rings. The van der Waals surface area contributed by atoms with Gasteiger partial charge in [-0.1, -0.05) is 36.4 Å². The monoisotopic (exact) mass is 267 g/mol.